The second-order valence-electron chi connectivity index (χ2n) is 2.18. The minimum atomic E-state index is -0.579. The van der Waals surface area contributed by atoms with Crippen LogP contribution in [0.5, 0.6) is 0 Å². The van der Waals surface area contributed by atoms with Crippen LogP contribution in [0, 0.1) is 58.2 Å². The van der Waals surface area contributed by atoms with Gasteiger partial charge in [0.2, 0.25) is 0 Å². The molecule has 0 unspecified atom stereocenters. The first-order valence-electron chi connectivity index (χ1n) is 4.26. The van der Waals surface area contributed by atoms with E-state index in [-0.39, 0.29) is 51.5 Å². The van der Waals surface area contributed by atoms with E-state index in [1.165, 1.54) is 13.8 Å². The van der Waals surface area contributed by atoms with Crippen molar-refractivity contribution in [3.05, 3.63) is 39.9 Å². The molecule has 0 amide bonds. The van der Waals surface area contributed by atoms with Gasteiger partial charge in [-0.1, -0.05) is 0 Å². The Morgan fingerprint density at radius 1 is 0.750 bits per heavy atom. The van der Waals surface area contributed by atoms with Crippen molar-refractivity contribution in [2.24, 2.45) is 5.92 Å². The van der Waals surface area contributed by atoms with Crippen LogP contribution in [0.4, 0.5) is 0 Å². The average molecular weight is 424 g/mol. The van der Waals surface area contributed by atoms with E-state index in [4.69, 9.17) is 34.3 Å². The summed E-state index contributed by atoms with van der Waals surface area (Å²) in [7, 11) is 0. The number of hydrogen-bond donors (Lipinski definition) is 0. The average Bonchev–Trinajstić information content (AvgIpc) is 2.62. The van der Waals surface area contributed by atoms with Crippen molar-refractivity contribution in [3.63, 3.8) is 0 Å². The summed E-state index contributed by atoms with van der Waals surface area (Å²) in [6.45, 7) is 29.8. The van der Waals surface area contributed by atoms with E-state index in [1.807, 2.05) is 0 Å². The summed E-state index contributed by atoms with van der Waals surface area (Å²) in [6, 6.07) is 0. The largest absolute Gasteiger partial charge is 0 e. The van der Waals surface area contributed by atoms with E-state index in [0.717, 1.165) is 0 Å². The summed E-state index contributed by atoms with van der Waals surface area (Å²) in [5.74, 6) is 1.41. The van der Waals surface area contributed by atoms with Crippen LogP contribution in [0.15, 0.2) is 0 Å². The molecule has 0 N–H and O–H groups in total. The third-order valence-electron chi connectivity index (χ3n) is 1.30. The maximum Gasteiger partial charge on any atom is 0 e. The van der Waals surface area contributed by atoms with Crippen molar-refractivity contribution >= 4 is 11.6 Å². The Balaban J connectivity index is -0.0000000196. The van der Waals surface area contributed by atoms with Gasteiger partial charge in [-0.25, -0.2) is 0 Å². The van der Waals surface area contributed by atoms with Crippen molar-refractivity contribution in [1.82, 2.24) is 0 Å². The number of hydrogen-bond acceptors (Lipinski definition) is 2. The van der Waals surface area contributed by atoms with Gasteiger partial charge in [0.1, 0.15) is 11.6 Å². The fourth-order valence-corrected chi connectivity index (χ4v) is 0.692. The number of carbonyl (C=O) groups excluding carboxylic acids is 2. The van der Waals surface area contributed by atoms with Crippen molar-refractivity contribution < 1.29 is 71.1 Å². The van der Waals surface area contributed by atoms with E-state index in [1.54, 1.807) is 0 Å². The molecule has 0 bridgehead atoms. The maximum absolute atomic E-state index is 10.7. The zero-order valence-electron chi connectivity index (χ0n) is 12.3. The van der Waals surface area contributed by atoms with Gasteiger partial charge in [0.15, 0.2) is 0 Å². The molecule has 0 saturated carbocycles. The minimum absolute atomic E-state index is 0. The SMILES string of the molecule is C#CCC(C(C)=O)C(C)=O.[C-]#[O+].[C-]#[O+].[C-]#[O+].[C-]#[O+].[C-]#[O+].[C-]#[O+].[Co].[Co]. The van der Waals surface area contributed by atoms with Crippen LogP contribution in [0.25, 0.3) is 0 Å². The Morgan fingerprint density at radius 2 is 0.917 bits per heavy atom. The molecule has 0 aliphatic rings. The first kappa shape index (κ1) is 57.2. The molecular formula is C14H10Co2O8. The van der Waals surface area contributed by atoms with Crippen LogP contribution in [0.3, 0.4) is 0 Å². The molecule has 0 atom stereocenters. The molecule has 0 aromatic rings. The van der Waals surface area contributed by atoms with Crippen molar-refractivity contribution in [2.45, 2.75) is 20.3 Å². The van der Waals surface area contributed by atoms with Crippen LogP contribution in [0.2, 0.25) is 0 Å². The summed E-state index contributed by atoms with van der Waals surface area (Å²) in [5.41, 5.74) is 0. The van der Waals surface area contributed by atoms with Crippen molar-refractivity contribution in [2.75, 3.05) is 0 Å². The third kappa shape index (κ3) is 87.1. The third-order valence-corrected chi connectivity index (χ3v) is 1.30. The Hall–Kier alpha value is -1.65. The molecule has 132 valence electrons. The molecule has 0 spiro atoms. The standard InChI is InChI=1S/C8H10O2.6CO.2Co/c1-4-5-8(6(2)9)7(3)10;6*1-2;;/h1,8H,5H2,2-3H3;;;;;;;;. The molecule has 8 nitrogen and oxygen atoms in total. The molecule has 2 radical (unpaired) electrons. The predicted molar refractivity (Wildman–Crippen MR) is 61.9 cm³/mol. The summed E-state index contributed by atoms with van der Waals surface area (Å²) in [6.07, 6.45) is 5.18. The fourth-order valence-electron chi connectivity index (χ4n) is 0.692. The molecule has 0 aliphatic carbocycles. The molecular weight excluding hydrogens is 414 g/mol. The molecule has 0 rings (SSSR count). The zero-order chi connectivity index (χ0) is 20.1. The van der Waals surface area contributed by atoms with Gasteiger partial charge in [-0.15, -0.1) is 12.3 Å². The predicted octanol–water partition coefficient (Wildman–Crippen LogP) is 0.574. The molecule has 0 aromatic heterocycles. The van der Waals surface area contributed by atoms with Crippen LogP contribution < -0.4 is 0 Å². The second kappa shape index (κ2) is 101. The number of terminal acetylenes is 1. The van der Waals surface area contributed by atoms with Crippen molar-refractivity contribution in [3.8, 4) is 12.3 Å². The Morgan fingerprint density at radius 3 is 0.958 bits per heavy atom. The molecule has 24 heavy (non-hydrogen) atoms. The van der Waals surface area contributed by atoms with Crippen LogP contribution >= 0.6 is 0 Å². The van der Waals surface area contributed by atoms with Gasteiger partial charge >= 0.3 is 67.8 Å². The fraction of sp³-hybridized carbons (Fsp3) is 0.286. The van der Waals surface area contributed by atoms with Crippen LogP contribution in [-0.2, 0) is 71.1 Å². The van der Waals surface area contributed by atoms with Gasteiger partial charge in [0.25, 0.3) is 0 Å². The maximum atomic E-state index is 10.7. The van der Waals surface area contributed by atoms with Gasteiger partial charge in [0, 0.05) is 40.0 Å². The summed E-state index contributed by atoms with van der Waals surface area (Å²) in [5, 5.41) is 0. The van der Waals surface area contributed by atoms with Gasteiger partial charge in [-0.2, -0.15) is 0 Å². The van der Waals surface area contributed by atoms with E-state index >= 15 is 0 Å². The summed E-state index contributed by atoms with van der Waals surface area (Å²) in [4.78, 5) is 21.3. The zero-order valence-corrected chi connectivity index (χ0v) is 14.4. The molecule has 0 heterocycles. The monoisotopic (exact) mass is 424 g/mol. The van der Waals surface area contributed by atoms with E-state index in [0.29, 0.717) is 0 Å². The van der Waals surface area contributed by atoms with E-state index in [2.05, 4.69) is 45.8 Å². The Labute approximate surface area is 161 Å². The molecule has 10 heteroatoms. The van der Waals surface area contributed by atoms with Crippen LogP contribution in [0.1, 0.15) is 20.3 Å². The Bertz CT molecular complexity index is 350. The van der Waals surface area contributed by atoms with Gasteiger partial charge in [-0.3, -0.25) is 9.59 Å². The number of ketones is 2. The Kier molecular flexibility index (Phi) is 241. The quantitative estimate of drug-likeness (QED) is 0.282. The normalized spacial score (nSPS) is 4.25. The number of Topliss-reactive ketones (excluding diaryl/α,β-unsaturated/α-hetero) is 2. The number of rotatable bonds is 3. The molecule has 0 saturated heterocycles. The van der Waals surface area contributed by atoms with Gasteiger partial charge in [0.05, 0.1) is 5.92 Å². The number of carbonyl (C=O) groups is 2. The summed E-state index contributed by atoms with van der Waals surface area (Å²) >= 11 is 0. The van der Waals surface area contributed by atoms with E-state index < -0.39 is 5.92 Å². The van der Waals surface area contributed by atoms with E-state index in [9.17, 15) is 9.59 Å². The van der Waals surface area contributed by atoms with Crippen molar-refractivity contribution in [1.29, 1.82) is 0 Å². The molecule has 0 aromatic carbocycles. The first-order valence-corrected chi connectivity index (χ1v) is 4.26. The smallest absolute Gasteiger partial charge is 0 e. The van der Waals surface area contributed by atoms with Gasteiger partial charge in [-0.05, 0) is 13.8 Å². The summed E-state index contributed by atoms with van der Waals surface area (Å²) < 4.78 is 45.0. The molecule has 0 aliphatic heterocycles. The van der Waals surface area contributed by atoms with Crippen LogP contribution in [-0.4, -0.2) is 11.6 Å². The second-order valence-corrected chi connectivity index (χ2v) is 2.18. The van der Waals surface area contributed by atoms with Gasteiger partial charge < -0.3 is 0 Å². The minimum Gasteiger partial charge on any atom is 0 e. The first-order chi connectivity index (χ1) is 10.6. The topological polar surface area (TPSA) is 154 Å². The molecule has 0 fully saturated rings.